The van der Waals surface area contributed by atoms with E-state index in [9.17, 15) is 4.79 Å². The van der Waals surface area contributed by atoms with E-state index in [4.69, 9.17) is 13.9 Å². The molecule has 0 unspecified atom stereocenters. The highest BCUT2D eigenvalue weighted by molar-refractivity contribution is 5.66. The molecular weight excluding hydrogens is 224 g/mol. The van der Waals surface area contributed by atoms with E-state index in [0.717, 1.165) is 5.76 Å². The maximum atomic E-state index is 10.3. The first-order valence-electron chi connectivity index (χ1n) is 5.26. The van der Waals surface area contributed by atoms with Crippen LogP contribution in [0.5, 0.6) is 0 Å². The zero-order chi connectivity index (χ0) is 12.3. The molecular formula is C11H12N2O4. The first-order chi connectivity index (χ1) is 8.15. The van der Waals surface area contributed by atoms with E-state index in [0.29, 0.717) is 30.4 Å². The van der Waals surface area contributed by atoms with Crippen molar-refractivity contribution < 1.29 is 18.7 Å². The summed E-state index contributed by atoms with van der Waals surface area (Å²) in [6.45, 7) is 1.83. The van der Waals surface area contributed by atoms with Gasteiger partial charge >= 0.3 is 5.97 Å². The number of carboxylic acid groups (broad SMARTS) is 1. The maximum Gasteiger partial charge on any atom is 0.303 e. The number of aliphatic carboxylic acids is 1. The fraction of sp³-hybridized carbons (Fsp3) is 0.364. The van der Waals surface area contributed by atoms with Gasteiger partial charge in [0.05, 0.1) is 0 Å². The van der Waals surface area contributed by atoms with Crippen LogP contribution in [0.4, 0.5) is 0 Å². The molecule has 2 rings (SSSR count). The number of hydrogen-bond donors (Lipinski definition) is 1. The average Bonchev–Trinajstić information content (AvgIpc) is 2.86. The van der Waals surface area contributed by atoms with Crippen LogP contribution in [0.1, 0.15) is 24.5 Å². The predicted octanol–water partition coefficient (Wildman–Crippen LogP) is 2.05. The maximum absolute atomic E-state index is 10.3. The lowest BCUT2D eigenvalue weighted by atomic mass is 10.2. The molecule has 0 aliphatic carbocycles. The monoisotopic (exact) mass is 236 g/mol. The largest absolute Gasteiger partial charge is 0.481 e. The van der Waals surface area contributed by atoms with Crippen LogP contribution >= 0.6 is 0 Å². The Morgan fingerprint density at radius 3 is 2.82 bits per heavy atom. The van der Waals surface area contributed by atoms with Gasteiger partial charge in [-0.05, 0) is 25.5 Å². The molecule has 0 radical (unpaired) electrons. The van der Waals surface area contributed by atoms with Gasteiger partial charge < -0.3 is 13.9 Å². The third-order valence-electron chi connectivity index (χ3n) is 2.20. The van der Waals surface area contributed by atoms with Gasteiger partial charge in [0.2, 0.25) is 5.89 Å². The number of aryl methyl sites for hydroxylation is 2. The normalized spacial score (nSPS) is 10.6. The molecule has 1 N–H and O–H groups in total. The van der Waals surface area contributed by atoms with Crippen molar-refractivity contribution >= 4 is 5.97 Å². The Morgan fingerprint density at radius 2 is 2.18 bits per heavy atom. The van der Waals surface area contributed by atoms with Crippen molar-refractivity contribution in [3.63, 3.8) is 0 Å². The minimum atomic E-state index is -0.827. The van der Waals surface area contributed by atoms with E-state index >= 15 is 0 Å². The Balaban J connectivity index is 1.98. The van der Waals surface area contributed by atoms with Gasteiger partial charge in [-0.1, -0.05) is 0 Å². The summed E-state index contributed by atoms with van der Waals surface area (Å²) in [5, 5.41) is 16.2. The third kappa shape index (κ3) is 2.93. The number of carboxylic acids is 1. The minimum Gasteiger partial charge on any atom is -0.481 e. The standard InChI is InChI=1S/C11H12N2O4/c1-7-5-6-8(16-7)11-13-12-9(17-11)3-2-4-10(14)15/h5-6H,2-4H2,1H3,(H,14,15). The first kappa shape index (κ1) is 11.4. The van der Waals surface area contributed by atoms with Crippen molar-refractivity contribution in [2.24, 2.45) is 0 Å². The predicted molar refractivity (Wildman–Crippen MR) is 57.3 cm³/mol. The second-order valence-electron chi connectivity index (χ2n) is 3.66. The van der Waals surface area contributed by atoms with E-state index in [1.54, 1.807) is 6.07 Å². The van der Waals surface area contributed by atoms with Crippen LogP contribution in [0.15, 0.2) is 21.0 Å². The van der Waals surface area contributed by atoms with Gasteiger partial charge in [-0.25, -0.2) is 0 Å². The summed E-state index contributed by atoms with van der Waals surface area (Å²) in [5.74, 6) is 1.22. The zero-order valence-electron chi connectivity index (χ0n) is 9.34. The van der Waals surface area contributed by atoms with Gasteiger partial charge in [-0.15, -0.1) is 10.2 Å². The number of hydrogen-bond acceptors (Lipinski definition) is 5. The van der Waals surface area contributed by atoms with Crippen LogP contribution in [-0.4, -0.2) is 21.3 Å². The van der Waals surface area contributed by atoms with Crippen molar-refractivity contribution in [1.29, 1.82) is 0 Å². The second-order valence-corrected chi connectivity index (χ2v) is 3.66. The van der Waals surface area contributed by atoms with Gasteiger partial charge in [0, 0.05) is 12.8 Å². The van der Waals surface area contributed by atoms with E-state index in [2.05, 4.69) is 10.2 Å². The molecule has 0 aliphatic rings. The summed E-state index contributed by atoms with van der Waals surface area (Å²) < 4.78 is 10.7. The fourth-order valence-electron chi connectivity index (χ4n) is 1.39. The molecule has 17 heavy (non-hydrogen) atoms. The molecule has 0 bridgehead atoms. The molecule has 0 atom stereocenters. The van der Waals surface area contributed by atoms with Gasteiger partial charge in [0.25, 0.3) is 5.89 Å². The van der Waals surface area contributed by atoms with Crippen molar-refractivity contribution in [3.05, 3.63) is 23.8 Å². The van der Waals surface area contributed by atoms with Crippen molar-refractivity contribution in [3.8, 4) is 11.7 Å². The van der Waals surface area contributed by atoms with Gasteiger partial charge in [0.1, 0.15) is 5.76 Å². The minimum absolute atomic E-state index is 0.0948. The van der Waals surface area contributed by atoms with Crippen LogP contribution in [-0.2, 0) is 11.2 Å². The summed E-state index contributed by atoms with van der Waals surface area (Å²) in [4.78, 5) is 10.3. The number of furan rings is 1. The first-order valence-corrected chi connectivity index (χ1v) is 5.26. The smallest absolute Gasteiger partial charge is 0.303 e. The number of aromatic nitrogens is 2. The van der Waals surface area contributed by atoms with Crippen LogP contribution in [0, 0.1) is 6.92 Å². The SMILES string of the molecule is Cc1ccc(-c2nnc(CCCC(=O)O)o2)o1. The Morgan fingerprint density at radius 1 is 1.35 bits per heavy atom. The number of nitrogens with zero attached hydrogens (tertiary/aromatic N) is 2. The summed E-state index contributed by atoms with van der Waals surface area (Å²) in [6, 6.07) is 3.56. The summed E-state index contributed by atoms with van der Waals surface area (Å²) >= 11 is 0. The molecule has 0 saturated carbocycles. The van der Waals surface area contributed by atoms with Gasteiger partial charge in [-0.3, -0.25) is 4.79 Å². The highest BCUT2D eigenvalue weighted by Crippen LogP contribution is 2.20. The Labute approximate surface area is 97.3 Å². The van der Waals surface area contributed by atoms with E-state index < -0.39 is 5.97 Å². The van der Waals surface area contributed by atoms with Gasteiger partial charge in [-0.2, -0.15) is 0 Å². The van der Waals surface area contributed by atoms with E-state index in [1.165, 1.54) is 0 Å². The molecule has 0 fully saturated rings. The number of rotatable bonds is 5. The lowest BCUT2D eigenvalue weighted by Crippen LogP contribution is -1.95. The van der Waals surface area contributed by atoms with Crippen molar-refractivity contribution in [2.45, 2.75) is 26.2 Å². The van der Waals surface area contributed by atoms with Crippen LogP contribution < -0.4 is 0 Å². The molecule has 2 aromatic heterocycles. The Bertz CT molecular complexity index is 515. The summed E-state index contributed by atoms with van der Waals surface area (Å²) in [5.41, 5.74) is 0. The van der Waals surface area contributed by atoms with Gasteiger partial charge in [0.15, 0.2) is 5.76 Å². The van der Waals surface area contributed by atoms with Crippen LogP contribution in [0.25, 0.3) is 11.7 Å². The summed E-state index contributed by atoms with van der Waals surface area (Å²) in [7, 11) is 0. The molecule has 0 amide bonds. The van der Waals surface area contributed by atoms with Crippen LogP contribution in [0.2, 0.25) is 0 Å². The molecule has 0 aromatic carbocycles. The highest BCUT2D eigenvalue weighted by atomic mass is 16.4. The van der Waals surface area contributed by atoms with E-state index in [-0.39, 0.29) is 6.42 Å². The zero-order valence-corrected chi connectivity index (χ0v) is 9.34. The van der Waals surface area contributed by atoms with E-state index in [1.807, 2.05) is 13.0 Å². The lowest BCUT2D eigenvalue weighted by Gasteiger charge is -1.91. The molecule has 6 heteroatoms. The molecule has 2 aromatic rings. The highest BCUT2D eigenvalue weighted by Gasteiger charge is 2.11. The lowest BCUT2D eigenvalue weighted by molar-refractivity contribution is -0.137. The third-order valence-corrected chi connectivity index (χ3v) is 2.20. The average molecular weight is 236 g/mol. The fourth-order valence-corrected chi connectivity index (χ4v) is 1.39. The topological polar surface area (TPSA) is 89.4 Å². The molecule has 0 saturated heterocycles. The quantitative estimate of drug-likeness (QED) is 0.854. The summed E-state index contributed by atoms with van der Waals surface area (Å²) in [6.07, 6.45) is 1.03. The molecule has 2 heterocycles. The van der Waals surface area contributed by atoms with Crippen LogP contribution in [0.3, 0.4) is 0 Å². The number of carbonyl (C=O) groups is 1. The Hall–Kier alpha value is -2.11. The van der Waals surface area contributed by atoms with Crippen molar-refractivity contribution in [1.82, 2.24) is 10.2 Å². The molecule has 90 valence electrons. The Kier molecular flexibility index (Phi) is 3.22. The molecule has 6 nitrogen and oxygen atoms in total. The van der Waals surface area contributed by atoms with Crippen molar-refractivity contribution in [2.75, 3.05) is 0 Å². The second kappa shape index (κ2) is 4.82. The molecule has 0 spiro atoms. The molecule has 0 aliphatic heterocycles.